The maximum Gasteiger partial charge on any atom is 0.247 e. The van der Waals surface area contributed by atoms with Crippen molar-refractivity contribution in [2.24, 2.45) is 0 Å². The highest BCUT2D eigenvalue weighted by Crippen LogP contribution is 2.27. The molecular formula is C20H26N2O3S. The van der Waals surface area contributed by atoms with Crippen LogP contribution in [0.4, 0.5) is 11.4 Å². The van der Waals surface area contributed by atoms with E-state index in [0.717, 1.165) is 28.5 Å². The van der Waals surface area contributed by atoms with Gasteiger partial charge in [-0.3, -0.25) is 9.10 Å². The number of amides is 1. The Labute approximate surface area is 156 Å². The second kappa shape index (κ2) is 7.50. The molecule has 0 unspecified atom stereocenters. The van der Waals surface area contributed by atoms with Crippen LogP contribution in [-0.2, 0) is 14.8 Å². The molecular weight excluding hydrogens is 348 g/mol. The number of hydrogen-bond acceptors (Lipinski definition) is 3. The number of hydrogen-bond donors (Lipinski definition) is 1. The number of nitrogens with one attached hydrogen (secondary N) is 1. The first-order valence-electron chi connectivity index (χ1n) is 8.45. The van der Waals surface area contributed by atoms with Gasteiger partial charge >= 0.3 is 0 Å². The Morgan fingerprint density at radius 2 is 1.58 bits per heavy atom. The third-order valence-corrected chi connectivity index (χ3v) is 5.69. The average molecular weight is 375 g/mol. The van der Waals surface area contributed by atoms with Crippen LogP contribution in [-0.4, -0.2) is 26.6 Å². The Bertz CT molecular complexity index is 936. The lowest BCUT2D eigenvalue weighted by Crippen LogP contribution is -2.45. The minimum absolute atomic E-state index is 0.375. The Kier molecular flexibility index (Phi) is 5.76. The summed E-state index contributed by atoms with van der Waals surface area (Å²) in [4.78, 5) is 12.7. The van der Waals surface area contributed by atoms with Crippen molar-refractivity contribution >= 4 is 27.3 Å². The molecule has 0 bridgehead atoms. The predicted molar refractivity (Wildman–Crippen MR) is 107 cm³/mol. The molecule has 0 radical (unpaired) electrons. The van der Waals surface area contributed by atoms with Crippen molar-refractivity contribution in [2.45, 2.75) is 40.7 Å². The van der Waals surface area contributed by atoms with Crippen molar-refractivity contribution in [1.29, 1.82) is 0 Å². The van der Waals surface area contributed by atoms with Gasteiger partial charge in [0.25, 0.3) is 0 Å². The van der Waals surface area contributed by atoms with Gasteiger partial charge in [-0.05, 0) is 75.1 Å². The third kappa shape index (κ3) is 4.43. The van der Waals surface area contributed by atoms with E-state index in [-0.39, 0.29) is 5.91 Å². The molecule has 0 fully saturated rings. The van der Waals surface area contributed by atoms with Crippen LogP contribution in [0.1, 0.15) is 29.2 Å². The second-order valence-electron chi connectivity index (χ2n) is 6.81. The molecule has 0 aliphatic carbocycles. The van der Waals surface area contributed by atoms with Crippen molar-refractivity contribution in [3.05, 3.63) is 58.7 Å². The number of carbonyl (C=O) groups excluding carboxylic acids is 1. The van der Waals surface area contributed by atoms with E-state index in [1.54, 1.807) is 13.0 Å². The summed E-state index contributed by atoms with van der Waals surface area (Å²) < 4.78 is 26.1. The molecule has 0 spiro atoms. The molecule has 0 saturated carbocycles. The van der Waals surface area contributed by atoms with Gasteiger partial charge in [0, 0.05) is 5.69 Å². The Morgan fingerprint density at radius 3 is 2.15 bits per heavy atom. The number of benzene rings is 2. The van der Waals surface area contributed by atoms with Crippen LogP contribution in [0.5, 0.6) is 0 Å². The highest BCUT2D eigenvalue weighted by Gasteiger charge is 2.30. The number of carbonyl (C=O) groups is 1. The first-order chi connectivity index (χ1) is 12.0. The smallest absolute Gasteiger partial charge is 0.247 e. The van der Waals surface area contributed by atoms with Crippen molar-refractivity contribution in [3.8, 4) is 0 Å². The Morgan fingerprint density at radius 1 is 0.962 bits per heavy atom. The topological polar surface area (TPSA) is 66.5 Å². The summed E-state index contributed by atoms with van der Waals surface area (Å²) in [5.74, 6) is -0.375. The fourth-order valence-corrected chi connectivity index (χ4v) is 4.03. The number of nitrogens with zero attached hydrogens (tertiary/aromatic N) is 1. The van der Waals surface area contributed by atoms with Crippen LogP contribution in [0, 0.1) is 27.7 Å². The molecule has 0 saturated heterocycles. The van der Waals surface area contributed by atoms with E-state index in [2.05, 4.69) is 5.32 Å². The molecule has 2 rings (SSSR count). The molecule has 0 aliphatic heterocycles. The van der Waals surface area contributed by atoms with E-state index in [9.17, 15) is 13.2 Å². The lowest BCUT2D eigenvalue weighted by Gasteiger charge is -2.29. The summed E-state index contributed by atoms with van der Waals surface area (Å²) in [7, 11) is -3.64. The summed E-state index contributed by atoms with van der Waals surface area (Å²) in [6.07, 6.45) is 1.12. The molecule has 2 aromatic rings. The van der Waals surface area contributed by atoms with E-state index < -0.39 is 16.1 Å². The fraction of sp³-hybridized carbons (Fsp3) is 0.350. The zero-order valence-electron chi connectivity index (χ0n) is 16.1. The van der Waals surface area contributed by atoms with Gasteiger partial charge in [0.2, 0.25) is 15.9 Å². The number of aryl methyl sites for hydroxylation is 4. The zero-order chi connectivity index (χ0) is 19.6. The molecule has 0 aromatic heterocycles. The highest BCUT2D eigenvalue weighted by molar-refractivity contribution is 7.92. The van der Waals surface area contributed by atoms with Gasteiger partial charge in [0.1, 0.15) is 6.04 Å². The van der Waals surface area contributed by atoms with Gasteiger partial charge in [0.05, 0.1) is 11.9 Å². The van der Waals surface area contributed by atoms with Gasteiger partial charge in [-0.15, -0.1) is 0 Å². The number of anilines is 2. The molecule has 2 aromatic carbocycles. The maximum atomic E-state index is 12.7. The van der Waals surface area contributed by atoms with E-state index in [0.29, 0.717) is 11.4 Å². The first-order valence-corrected chi connectivity index (χ1v) is 10.3. The van der Waals surface area contributed by atoms with Crippen molar-refractivity contribution < 1.29 is 13.2 Å². The molecule has 0 heterocycles. The molecule has 6 heteroatoms. The summed E-state index contributed by atoms with van der Waals surface area (Å²) in [5.41, 5.74) is 5.09. The van der Waals surface area contributed by atoms with Gasteiger partial charge in [0.15, 0.2) is 0 Å². The van der Waals surface area contributed by atoms with Gasteiger partial charge in [-0.25, -0.2) is 8.42 Å². The van der Waals surface area contributed by atoms with Gasteiger partial charge in [-0.2, -0.15) is 0 Å². The molecule has 1 N–H and O–H groups in total. The van der Waals surface area contributed by atoms with Gasteiger partial charge < -0.3 is 5.32 Å². The predicted octanol–water partition coefficient (Wildman–Crippen LogP) is 3.71. The van der Waals surface area contributed by atoms with Crippen LogP contribution >= 0.6 is 0 Å². The molecule has 140 valence electrons. The average Bonchev–Trinajstić information content (AvgIpc) is 2.53. The van der Waals surface area contributed by atoms with Crippen LogP contribution in [0.2, 0.25) is 0 Å². The number of rotatable bonds is 5. The first kappa shape index (κ1) is 20.0. The van der Waals surface area contributed by atoms with E-state index in [4.69, 9.17) is 0 Å². The SMILES string of the molecule is Cc1ccc(C)c(N([C@H](C)C(=O)Nc2ccc(C)c(C)c2)S(C)(=O)=O)c1. The molecule has 26 heavy (non-hydrogen) atoms. The molecule has 5 nitrogen and oxygen atoms in total. The van der Waals surface area contributed by atoms with Crippen molar-refractivity contribution in [2.75, 3.05) is 15.9 Å². The standard InChI is InChI=1S/C20H26N2O3S/c1-13-7-8-15(3)19(11-13)22(26(6,24)25)17(5)20(23)21-18-10-9-14(2)16(4)12-18/h7-12,17H,1-6H3,(H,21,23)/t17-/m1/s1. The van der Waals surface area contributed by atoms with Crippen LogP contribution < -0.4 is 9.62 Å². The molecule has 1 atom stereocenters. The van der Waals surface area contributed by atoms with Gasteiger partial charge in [-0.1, -0.05) is 18.2 Å². The number of sulfonamides is 1. The Balaban J connectivity index is 2.37. The van der Waals surface area contributed by atoms with Crippen LogP contribution in [0.3, 0.4) is 0 Å². The normalized spacial score (nSPS) is 12.5. The van der Waals surface area contributed by atoms with Crippen molar-refractivity contribution in [3.63, 3.8) is 0 Å². The van der Waals surface area contributed by atoms with E-state index in [1.807, 2.05) is 58.0 Å². The fourth-order valence-electron chi connectivity index (χ4n) is 2.80. The monoisotopic (exact) mass is 374 g/mol. The summed E-state index contributed by atoms with van der Waals surface area (Å²) >= 11 is 0. The largest absolute Gasteiger partial charge is 0.324 e. The lowest BCUT2D eigenvalue weighted by molar-refractivity contribution is -0.116. The molecule has 1 amide bonds. The summed E-state index contributed by atoms with van der Waals surface area (Å²) in [6, 6.07) is 10.3. The van der Waals surface area contributed by atoms with Crippen molar-refractivity contribution in [1.82, 2.24) is 0 Å². The quantitative estimate of drug-likeness (QED) is 0.867. The highest BCUT2D eigenvalue weighted by atomic mass is 32.2. The minimum Gasteiger partial charge on any atom is -0.324 e. The Hall–Kier alpha value is -2.34. The molecule has 0 aliphatic rings. The van der Waals surface area contributed by atoms with Crippen LogP contribution in [0.15, 0.2) is 36.4 Å². The minimum atomic E-state index is -3.64. The second-order valence-corrected chi connectivity index (χ2v) is 8.67. The zero-order valence-corrected chi connectivity index (χ0v) is 16.9. The van der Waals surface area contributed by atoms with E-state index in [1.165, 1.54) is 4.31 Å². The lowest BCUT2D eigenvalue weighted by atomic mass is 10.1. The summed E-state index contributed by atoms with van der Waals surface area (Å²) in [6.45, 7) is 9.28. The summed E-state index contributed by atoms with van der Waals surface area (Å²) in [5, 5.41) is 2.82. The van der Waals surface area contributed by atoms with E-state index >= 15 is 0 Å². The third-order valence-electron chi connectivity index (χ3n) is 4.47. The maximum absolute atomic E-state index is 12.7. The van der Waals surface area contributed by atoms with Crippen LogP contribution in [0.25, 0.3) is 0 Å².